The van der Waals surface area contributed by atoms with Crippen molar-refractivity contribution >= 4 is 5.91 Å². The Morgan fingerprint density at radius 1 is 1.35 bits per heavy atom. The molecule has 0 saturated heterocycles. The summed E-state index contributed by atoms with van der Waals surface area (Å²) in [6, 6.07) is 7.77. The van der Waals surface area contributed by atoms with E-state index in [1.54, 1.807) is 12.0 Å². The zero-order chi connectivity index (χ0) is 14.4. The Morgan fingerprint density at radius 2 is 2.10 bits per heavy atom. The molecule has 0 atom stereocenters. The minimum Gasteiger partial charge on any atom is -0.497 e. The molecular formula is C16H21NO3. The first-order valence-corrected chi connectivity index (χ1v) is 6.99. The lowest BCUT2D eigenvalue weighted by atomic mass is 10.2. The molecule has 1 amide bonds. The van der Waals surface area contributed by atoms with E-state index in [2.05, 4.69) is 0 Å². The largest absolute Gasteiger partial charge is 0.497 e. The van der Waals surface area contributed by atoms with E-state index in [1.165, 1.54) is 0 Å². The van der Waals surface area contributed by atoms with Crippen LogP contribution in [0.2, 0.25) is 0 Å². The van der Waals surface area contributed by atoms with Crippen LogP contribution in [0.3, 0.4) is 0 Å². The smallest absolute Gasteiger partial charge is 0.288 e. The van der Waals surface area contributed by atoms with Gasteiger partial charge in [-0.1, -0.05) is 12.1 Å². The van der Waals surface area contributed by atoms with E-state index in [-0.39, 0.29) is 5.91 Å². The number of hydrogen-bond donors (Lipinski definition) is 0. The second-order valence-electron chi connectivity index (χ2n) is 4.73. The topological polar surface area (TPSA) is 38.8 Å². The maximum absolute atomic E-state index is 12.4. The van der Waals surface area contributed by atoms with Gasteiger partial charge in [0.05, 0.1) is 13.7 Å². The van der Waals surface area contributed by atoms with Gasteiger partial charge in [0.1, 0.15) is 5.75 Å². The number of rotatable bonds is 5. The van der Waals surface area contributed by atoms with Crippen molar-refractivity contribution in [3.05, 3.63) is 41.7 Å². The molecule has 4 heteroatoms. The van der Waals surface area contributed by atoms with Gasteiger partial charge in [-0.05, 0) is 43.5 Å². The van der Waals surface area contributed by atoms with Gasteiger partial charge < -0.3 is 14.4 Å². The number of carbonyl (C=O) groups excluding carboxylic acids is 1. The molecule has 108 valence electrons. The number of carbonyl (C=O) groups is 1. The van der Waals surface area contributed by atoms with Crippen molar-refractivity contribution in [1.82, 2.24) is 4.90 Å². The predicted molar refractivity (Wildman–Crippen MR) is 77.4 cm³/mol. The number of ether oxygens (including phenoxy) is 2. The summed E-state index contributed by atoms with van der Waals surface area (Å²) >= 11 is 0. The second kappa shape index (κ2) is 6.98. The quantitative estimate of drug-likeness (QED) is 0.829. The molecule has 0 N–H and O–H groups in total. The standard InChI is InChI=1S/C16H21NO3/c1-3-17(16(18)15-6-4-5-11-20-15)12-13-7-9-14(19-2)10-8-13/h6-10H,3-5,11-12H2,1-2H3. The lowest BCUT2D eigenvalue weighted by Crippen LogP contribution is -2.33. The summed E-state index contributed by atoms with van der Waals surface area (Å²) in [4.78, 5) is 14.2. The lowest BCUT2D eigenvalue weighted by molar-refractivity contribution is -0.131. The molecule has 1 aliphatic heterocycles. The predicted octanol–water partition coefficient (Wildman–Crippen LogP) is 2.74. The molecule has 1 aromatic carbocycles. The van der Waals surface area contributed by atoms with E-state index in [0.29, 0.717) is 25.5 Å². The van der Waals surface area contributed by atoms with Crippen LogP contribution in [0, 0.1) is 0 Å². The van der Waals surface area contributed by atoms with Gasteiger partial charge in [0.2, 0.25) is 0 Å². The number of likely N-dealkylation sites (N-methyl/N-ethyl adjacent to an activating group) is 1. The molecule has 2 rings (SSSR count). The first-order chi connectivity index (χ1) is 9.74. The van der Waals surface area contributed by atoms with E-state index in [4.69, 9.17) is 9.47 Å². The summed E-state index contributed by atoms with van der Waals surface area (Å²) in [6.07, 6.45) is 3.80. The average Bonchev–Trinajstić information content (AvgIpc) is 2.53. The summed E-state index contributed by atoms with van der Waals surface area (Å²) in [5, 5.41) is 0. The van der Waals surface area contributed by atoms with Crippen LogP contribution < -0.4 is 4.74 Å². The van der Waals surface area contributed by atoms with Gasteiger partial charge in [-0.25, -0.2) is 0 Å². The van der Waals surface area contributed by atoms with E-state index in [1.807, 2.05) is 37.3 Å². The zero-order valence-corrected chi connectivity index (χ0v) is 12.1. The van der Waals surface area contributed by atoms with Gasteiger partial charge >= 0.3 is 0 Å². The van der Waals surface area contributed by atoms with Crippen molar-refractivity contribution < 1.29 is 14.3 Å². The molecule has 1 aromatic rings. The van der Waals surface area contributed by atoms with Gasteiger partial charge in [-0.15, -0.1) is 0 Å². The normalized spacial score (nSPS) is 14.2. The monoisotopic (exact) mass is 275 g/mol. The molecule has 1 heterocycles. The third-order valence-electron chi connectivity index (χ3n) is 3.35. The summed E-state index contributed by atoms with van der Waals surface area (Å²) in [5.74, 6) is 1.29. The Labute approximate surface area is 120 Å². The minimum atomic E-state index is -0.0250. The SMILES string of the molecule is CCN(Cc1ccc(OC)cc1)C(=O)C1=CCCCO1. The first-order valence-electron chi connectivity index (χ1n) is 6.99. The fraction of sp³-hybridized carbons (Fsp3) is 0.438. The van der Waals surface area contributed by atoms with E-state index in [9.17, 15) is 4.79 Å². The molecule has 4 nitrogen and oxygen atoms in total. The minimum absolute atomic E-state index is 0.0250. The Balaban J connectivity index is 2.03. The number of benzene rings is 1. The molecule has 20 heavy (non-hydrogen) atoms. The van der Waals surface area contributed by atoms with Crippen LogP contribution in [0.15, 0.2) is 36.1 Å². The van der Waals surface area contributed by atoms with Crippen molar-refractivity contribution in [1.29, 1.82) is 0 Å². The van der Waals surface area contributed by atoms with E-state index >= 15 is 0 Å². The van der Waals surface area contributed by atoms with Gasteiger partial charge in [0, 0.05) is 13.1 Å². The molecule has 0 saturated carbocycles. The fourth-order valence-electron chi connectivity index (χ4n) is 2.14. The fourth-order valence-corrected chi connectivity index (χ4v) is 2.14. The maximum atomic E-state index is 12.4. The molecule has 0 radical (unpaired) electrons. The van der Waals surface area contributed by atoms with E-state index in [0.717, 1.165) is 24.2 Å². The van der Waals surface area contributed by atoms with Crippen molar-refractivity contribution in [2.45, 2.75) is 26.3 Å². The lowest BCUT2D eigenvalue weighted by Gasteiger charge is -2.24. The molecular weight excluding hydrogens is 254 g/mol. The van der Waals surface area contributed by atoms with Gasteiger partial charge in [0.25, 0.3) is 5.91 Å². The molecule has 0 spiro atoms. The van der Waals surface area contributed by atoms with Crippen molar-refractivity contribution in [3.8, 4) is 5.75 Å². The van der Waals surface area contributed by atoms with Crippen LogP contribution in [-0.4, -0.2) is 31.1 Å². The summed E-state index contributed by atoms with van der Waals surface area (Å²) in [5.41, 5.74) is 1.08. The van der Waals surface area contributed by atoms with Crippen molar-refractivity contribution in [3.63, 3.8) is 0 Å². The van der Waals surface area contributed by atoms with Gasteiger partial charge in [-0.3, -0.25) is 4.79 Å². The molecule has 0 bridgehead atoms. The molecule has 0 aliphatic carbocycles. The average molecular weight is 275 g/mol. The molecule has 0 unspecified atom stereocenters. The number of hydrogen-bond acceptors (Lipinski definition) is 3. The van der Waals surface area contributed by atoms with Gasteiger partial charge in [0.15, 0.2) is 5.76 Å². The maximum Gasteiger partial charge on any atom is 0.288 e. The van der Waals surface area contributed by atoms with E-state index < -0.39 is 0 Å². The first kappa shape index (κ1) is 14.4. The van der Waals surface area contributed by atoms with Crippen LogP contribution in [0.25, 0.3) is 0 Å². The third kappa shape index (κ3) is 3.53. The highest BCUT2D eigenvalue weighted by molar-refractivity contribution is 5.91. The highest BCUT2D eigenvalue weighted by atomic mass is 16.5. The summed E-state index contributed by atoms with van der Waals surface area (Å²) < 4.78 is 10.6. The number of amides is 1. The summed E-state index contributed by atoms with van der Waals surface area (Å²) in [7, 11) is 1.64. The number of methoxy groups -OCH3 is 1. The molecule has 0 aromatic heterocycles. The Kier molecular flexibility index (Phi) is 5.04. The summed E-state index contributed by atoms with van der Waals surface area (Å²) in [6.45, 7) is 3.86. The Bertz CT molecular complexity index is 479. The number of allylic oxidation sites excluding steroid dienone is 1. The third-order valence-corrected chi connectivity index (χ3v) is 3.35. The van der Waals surface area contributed by atoms with Crippen LogP contribution in [0.4, 0.5) is 0 Å². The van der Waals surface area contributed by atoms with Crippen LogP contribution in [0.1, 0.15) is 25.3 Å². The number of nitrogens with zero attached hydrogens (tertiary/aromatic N) is 1. The highest BCUT2D eigenvalue weighted by Gasteiger charge is 2.20. The molecule has 1 aliphatic rings. The van der Waals surface area contributed by atoms with Crippen LogP contribution in [0.5, 0.6) is 5.75 Å². The van der Waals surface area contributed by atoms with Crippen molar-refractivity contribution in [2.75, 3.05) is 20.3 Å². The van der Waals surface area contributed by atoms with Crippen LogP contribution >= 0.6 is 0 Å². The molecule has 0 fully saturated rings. The van der Waals surface area contributed by atoms with Crippen molar-refractivity contribution in [2.24, 2.45) is 0 Å². The zero-order valence-electron chi connectivity index (χ0n) is 12.1. The Morgan fingerprint density at radius 3 is 2.65 bits per heavy atom. The highest BCUT2D eigenvalue weighted by Crippen LogP contribution is 2.16. The van der Waals surface area contributed by atoms with Crippen LogP contribution in [-0.2, 0) is 16.1 Å². The Hall–Kier alpha value is -1.97. The van der Waals surface area contributed by atoms with Gasteiger partial charge in [-0.2, -0.15) is 0 Å². The second-order valence-corrected chi connectivity index (χ2v) is 4.73.